The summed E-state index contributed by atoms with van der Waals surface area (Å²) in [7, 11) is 0. The molecule has 2 N–H and O–H groups in total. The van der Waals surface area contributed by atoms with Gasteiger partial charge in [-0.05, 0) is 37.9 Å². The van der Waals surface area contributed by atoms with Crippen molar-refractivity contribution < 1.29 is 4.79 Å². The number of rotatable bonds is 2. The lowest BCUT2D eigenvalue weighted by atomic mass is 9.89. The SMILES string of the molecule is O=C(NC(=S)NC1CCCCCC1)C1CCCCC1. The Morgan fingerprint density at radius 2 is 1.37 bits per heavy atom. The van der Waals surface area contributed by atoms with Crippen molar-refractivity contribution in [1.29, 1.82) is 0 Å². The lowest BCUT2D eigenvalue weighted by molar-refractivity contribution is -0.124. The number of nitrogens with one attached hydrogen (secondary N) is 2. The summed E-state index contributed by atoms with van der Waals surface area (Å²) in [6, 6.07) is 0.460. The fraction of sp³-hybridized carbons (Fsp3) is 0.867. The summed E-state index contributed by atoms with van der Waals surface area (Å²) in [5, 5.41) is 6.77. The largest absolute Gasteiger partial charge is 0.360 e. The predicted octanol–water partition coefficient (Wildman–Crippen LogP) is 3.28. The van der Waals surface area contributed by atoms with Crippen molar-refractivity contribution in [2.24, 2.45) is 5.92 Å². The maximum Gasteiger partial charge on any atom is 0.229 e. The van der Waals surface area contributed by atoms with Crippen LogP contribution in [0.15, 0.2) is 0 Å². The molecule has 2 fully saturated rings. The van der Waals surface area contributed by atoms with E-state index in [1.54, 1.807) is 0 Å². The molecule has 0 unspecified atom stereocenters. The fourth-order valence-electron chi connectivity index (χ4n) is 3.22. The van der Waals surface area contributed by atoms with Crippen LogP contribution in [0.5, 0.6) is 0 Å². The summed E-state index contributed by atoms with van der Waals surface area (Å²) < 4.78 is 0. The average Bonchev–Trinajstić information content (AvgIpc) is 2.68. The lowest BCUT2D eigenvalue weighted by Crippen LogP contribution is -2.46. The van der Waals surface area contributed by atoms with Crippen LogP contribution in [-0.2, 0) is 4.79 Å². The van der Waals surface area contributed by atoms with Gasteiger partial charge in [-0.3, -0.25) is 4.79 Å². The third-order valence-corrected chi connectivity index (χ3v) is 4.62. The van der Waals surface area contributed by atoms with E-state index in [1.807, 2.05) is 0 Å². The van der Waals surface area contributed by atoms with Gasteiger partial charge in [0.15, 0.2) is 5.11 Å². The minimum absolute atomic E-state index is 0.130. The van der Waals surface area contributed by atoms with E-state index in [0.29, 0.717) is 11.2 Å². The van der Waals surface area contributed by atoms with Gasteiger partial charge in [-0.15, -0.1) is 0 Å². The lowest BCUT2D eigenvalue weighted by Gasteiger charge is -2.23. The summed E-state index contributed by atoms with van der Waals surface area (Å²) in [5.41, 5.74) is 0. The zero-order chi connectivity index (χ0) is 13.5. The molecule has 0 heterocycles. The highest BCUT2D eigenvalue weighted by molar-refractivity contribution is 7.80. The van der Waals surface area contributed by atoms with Gasteiger partial charge in [0.05, 0.1) is 0 Å². The van der Waals surface area contributed by atoms with Crippen LogP contribution < -0.4 is 10.6 Å². The molecule has 0 saturated heterocycles. The van der Waals surface area contributed by atoms with E-state index < -0.39 is 0 Å². The van der Waals surface area contributed by atoms with Crippen molar-refractivity contribution in [3.63, 3.8) is 0 Å². The molecule has 19 heavy (non-hydrogen) atoms. The Morgan fingerprint density at radius 3 is 2.00 bits per heavy atom. The summed E-state index contributed by atoms with van der Waals surface area (Å²) in [4.78, 5) is 12.1. The van der Waals surface area contributed by atoms with Gasteiger partial charge in [0.1, 0.15) is 0 Å². The van der Waals surface area contributed by atoms with E-state index in [4.69, 9.17) is 12.2 Å². The highest BCUT2D eigenvalue weighted by Crippen LogP contribution is 2.23. The minimum Gasteiger partial charge on any atom is -0.360 e. The van der Waals surface area contributed by atoms with Crippen LogP contribution >= 0.6 is 12.2 Å². The van der Waals surface area contributed by atoms with Gasteiger partial charge < -0.3 is 10.6 Å². The Morgan fingerprint density at radius 1 is 0.842 bits per heavy atom. The molecule has 0 radical (unpaired) electrons. The van der Waals surface area contributed by atoms with E-state index in [2.05, 4.69) is 10.6 Å². The van der Waals surface area contributed by atoms with Crippen molar-refractivity contribution in [3.05, 3.63) is 0 Å². The molecule has 0 bridgehead atoms. The summed E-state index contributed by atoms with van der Waals surface area (Å²) in [6.45, 7) is 0. The molecular weight excluding hydrogens is 256 g/mol. The van der Waals surface area contributed by atoms with Crippen LogP contribution in [0.3, 0.4) is 0 Å². The molecule has 2 saturated carbocycles. The molecule has 1 amide bonds. The Hall–Kier alpha value is -0.640. The highest BCUT2D eigenvalue weighted by atomic mass is 32.1. The zero-order valence-corrected chi connectivity index (χ0v) is 12.6. The fourth-order valence-corrected chi connectivity index (χ4v) is 3.49. The first-order valence-corrected chi connectivity index (χ1v) is 8.28. The molecule has 108 valence electrons. The standard InChI is InChI=1S/C15H26N2OS/c18-14(12-8-4-3-5-9-12)17-15(19)16-13-10-6-1-2-7-11-13/h12-13H,1-11H2,(H2,16,17,18,19). The molecule has 2 aliphatic rings. The molecule has 0 aliphatic heterocycles. The van der Waals surface area contributed by atoms with Crippen molar-refractivity contribution in [2.75, 3.05) is 0 Å². The predicted molar refractivity (Wildman–Crippen MR) is 81.9 cm³/mol. The number of amides is 1. The maximum atomic E-state index is 12.1. The van der Waals surface area contributed by atoms with Gasteiger partial charge >= 0.3 is 0 Å². The molecule has 0 spiro atoms. The van der Waals surface area contributed by atoms with E-state index in [-0.39, 0.29) is 11.8 Å². The van der Waals surface area contributed by atoms with E-state index in [0.717, 1.165) is 12.8 Å². The first kappa shape index (κ1) is 14.8. The minimum atomic E-state index is 0.130. The van der Waals surface area contributed by atoms with Crippen LogP contribution in [0.2, 0.25) is 0 Å². The van der Waals surface area contributed by atoms with E-state index >= 15 is 0 Å². The maximum absolute atomic E-state index is 12.1. The van der Waals surface area contributed by atoms with Crippen molar-refractivity contribution >= 4 is 23.2 Å². The molecule has 0 atom stereocenters. The molecular formula is C15H26N2OS. The summed E-state index contributed by atoms with van der Waals surface area (Å²) in [5.74, 6) is 0.313. The molecule has 4 heteroatoms. The Balaban J connectivity index is 1.71. The molecule has 2 aliphatic carbocycles. The average molecular weight is 282 g/mol. The van der Waals surface area contributed by atoms with Crippen LogP contribution in [0.4, 0.5) is 0 Å². The van der Waals surface area contributed by atoms with Crippen LogP contribution in [0.25, 0.3) is 0 Å². The van der Waals surface area contributed by atoms with Gasteiger partial charge in [0.2, 0.25) is 5.91 Å². The van der Waals surface area contributed by atoms with E-state index in [9.17, 15) is 4.79 Å². The summed E-state index contributed by atoms with van der Waals surface area (Å²) >= 11 is 5.28. The van der Waals surface area contributed by atoms with Crippen molar-refractivity contribution in [3.8, 4) is 0 Å². The number of carbonyl (C=O) groups is 1. The van der Waals surface area contributed by atoms with Gasteiger partial charge in [0, 0.05) is 12.0 Å². The van der Waals surface area contributed by atoms with Crippen molar-refractivity contribution in [2.45, 2.75) is 76.7 Å². The molecule has 3 nitrogen and oxygen atoms in total. The van der Waals surface area contributed by atoms with Gasteiger partial charge in [-0.2, -0.15) is 0 Å². The van der Waals surface area contributed by atoms with Crippen LogP contribution in [0, 0.1) is 5.92 Å². The highest BCUT2D eigenvalue weighted by Gasteiger charge is 2.22. The van der Waals surface area contributed by atoms with E-state index in [1.165, 1.54) is 57.8 Å². The second kappa shape index (κ2) is 7.83. The number of carbonyl (C=O) groups excluding carboxylic acids is 1. The topological polar surface area (TPSA) is 41.1 Å². The molecule has 0 aromatic rings. The smallest absolute Gasteiger partial charge is 0.229 e. The normalized spacial score (nSPS) is 22.5. The van der Waals surface area contributed by atoms with Gasteiger partial charge in [-0.25, -0.2) is 0 Å². The first-order chi connectivity index (χ1) is 9.25. The second-order valence-electron chi connectivity index (χ2n) is 5.99. The van der Waals surface area contributed by atoms with Gasteiger partial charge in [0.25, 0.3) is 0 Å². The third kappa shape index (κ3) is 5.09. The second-order valence-corrected chi connectivity index (χ2v) is 6.39. The Bertz CT molecular complexity index is 305. The summed E-state index contributed by atoms with van der Waals surface area (Å²) in [6.07, 6.45) is 13.3. The number of hydrogen-bond acceptors (Lipinski definition) is 2. The molecule has 0 aromatic heterocycles. The zero-order valence-electron chi connectivity index (χ0n) is 11.7. The number of hydrogen-bond donors (Lipinski definition) is 2. The molecule has 2 rings (SSSR count). The van der Waals surface area contributed by atoms with Crippen LogP contribution in [0.1, 0.15) is 70.6 Å². The molecule has 0 aromatic carbocycles. The first-order valence-electron chi connectivity index (χ1n) is 7.87. The third-order valence-electron chi connectivity index (χ3n) is 4.40. The monoisotopic (exact) mass is 282 g/mol. The van der Waals surface area contributed by atoms with Gasteiger partial charge in [-0.1, -0.05) is 44.9 Å². The number of thiocarbonyl (C=S) groups is 1. The Labute approximate surface area is 121 Å². The van der Waals surface area contributed by atoms with Crippen molar-refractivity contribution in [1.82, 2.24) is 10.6 Å². The Kier molecular flexibility index (Phi) is 6.08. The quantitative estimate of drug-likeness (QED) is 0.603. The van der Waals surface area contributed by atoms with Crippen LogP contribution in [-0.4, -0.2) is 17.1 Å².